The summed E-state index contributed by atoms with van der Waals surface area (Å²) >= 11 is 0. The van der Waals surface area contributed by atoms with Gasteiger partial charge in [0.05, 0.1) is 22.9 Å². The second kappa shape index (κ2) is 5.81. The van der Waals surface area contributed by atoms with Crippen molar-refractivity contribution in [2.24, 2.45) is 0 Å². The Kier molecular flexibility index (Phi) is 3.70. The summed E-state index contributed by atoms with van der Waals surface area (Å²) in [6, 6.07) is 10.1. The minimum Gasteiger partial charge on any atom is -0.342 e. The summed E-state index contributed by atoms with van der Waals surface area (Å²) in [4.78, 5) is 15.7. The summed E-state index contributed by atoms with van der Waals surface area (Å²) in [6.07, 6.45) is 4.73. The van der Waals surface area contributed by atoms with Crippen LogP contribution < -0.4 is 5.32 Å². The number of hydrogen-bond donors (Lipinski definition) is 1. The topological polar surface area (TPSA) is 46.9 Å². The third-order valence-electron chi connectivity index (χ3n) is 3.34. The summed E-state index contributed by atoms with van der Waals surface area (Å²) in [7, 11) is 0. The monoisotopic (exact) mass is 295 g/mol. The lowest BCUT2D eigenvalue weighted by Gasteiger charge is -2.07. The predicted molar refractivity (Wildman–Crippen MR) is 84.1 cm³/mol. The van der Waals surface area contributed by atoms with Crippen LogP contribution in [0.15, 0.2) is 61.4 Å². The summed E-state index contributed by atoms with van der Waals surface area (Å²) in [5.41, 5.74) is 3.32. The number of carbonyl (C=O) groups is 1. The zero-order valence-corrected chi connectivity index (χ0v) is 11.8. The fraction of sp³-hybridized carbons (Fsp3) is 0.0588. The highest BCUT2D eigenvalue weighted by Crippen LogP contribution is 2.19. The third-order valence-corrected chi connectivity index (χ3v) is 3.34. The summed E-state index contributed by atoms with van der Waals surface area (Å²) in [5.74, 6) is -0.532. The number of hydrogen-bond acceptors (Lipinski definition) is 2. The zero-order valence-electron chi connectivity index (χ0n) is 11.8. The fourth-order valence-corrected chi connectivity index (χ4v) is 2.25. The van der Waals surface area contributed by atoms with E-state index in [1.165, 1.54) is 18.2 Å². The molecular weight excluding hydrogens is 281 g/mol. The number of nitrogens with zero attached hydrogens (tertiary/aromatic N) is 2. The second-order valence-corrected chi connectivity index (χ2v) is 4.89. The number of halogens is 1. The quantitative estimate of drug-likeness (QED) is 0.750. The minimum atomic E-state index is -0.280. The molecule has 3 aromatic rings. The third kappa shape index (κ3) is 2.88. The van der Waals surface area contributed by atoms with E-state index >= 15 is 0 Å². The molecule has 0 saturated carbocycles. The van der Waals surface area contributed by atoms with Gasteiger partial charge in [0.25, 0.3) is 0 Å². The van der Waals surface area contributed by atoms with Gasteiger partial charge in [-0.25, -0.2) is 4.39 Å². The maximum atomic E-state index is 13.0. The number of nitrogens with one attached hydrogen (secondary N) is 1. The van der Waals surface area contributed by atoms with Crippen molar-refractivity contribution in [1.82, 2.24) is 9.55 Å². The van der Waals surface area contributed by atoms with Gasteiger partial charge in [-0.3, -0.25) is 9.78 Å². The van der Waals surface area contributed by atoms with Crippen molar-refractivity contribution in [1.29, 1.82) is 0 Å². The highest BCUT2D eigenvalue weighted by molar-refractivity contribution is 5.99. The van der Waals surface area contributed by atoms with Gasteiger partial charge in [-0.05, 0) is 35.9 Å². The van der Waals surface area contributed by atoms with Crippen molar-refractivity contribution >= 4 is 22.6 Å². The molecule has 1 N–H and O–H groups in total. The standard InChI is InChI=1S/C17H14FN3O/c1-2-17(22)20-14-9-16-15(19-10-14)7-8-21(16)11-12-3-5-13(18)6-4-12/h2-10H,1,11H2,(H,20,22). The van der Waals surface area contributed by atoms with Crippen LogP contribution in [0, 0.1) is 5.82 Å². The van der Waals surface area contributed by atoms with E-state index in [1.54, 1.807) is 18.3 Å². The van der Waals surface area contributed by atoms with Crippen molar-refractivity contribution in [3.63, 3.8) is 0 Å². The molecule has 1 amide bonds. The van der Waals surface area contributed by atoms with E-state index < -0.39 is 0 Å². The number of rotatable bonds is 4. The van der Waals surface area contributed by atoms with Crippen LogP contribution in [0.4, 0.5) is 10.1 Å². The molecule has 0 aliphatic carbocycles. The van der Waals surface area contributed by atoms with E-state index in [9.17, 15) is 9.18 Å². The summed E-state index contributed by atoms with van der Waals surface area (Å²) < 4.78 is 15.0. The Bertz CT molecular complexity index is 837. The Morgan fingerprint density at radius 2 is 2.09 bits per heavy atom. The number of pyridine rings is 1. The highest BCUT2D eigenvalue weighted by atomic mass is 19.1. The van der Waals surface area contributed by atoms with Crippen molar-refractivity contribution < 1.29 is 9.18 Å². The van der Waals surface area contributed by atoms with Crippen molar-refractivity contribution in [3.8, 4) is 0 Å². The summed E-state index contributed by atoms with van der Waals surface area (Å²) in [5, 5.41) is 2.69. The first-order valence-electron chi connectivity index (χ1n) is 6.78. The van der Waals surface area contributed by atoms with E-state index in [1.807, 2.05) is 22.9 Å². The van der Waals surface area contributed by atoms with Gasteiger partial charge in [-0.1, -0.05) is 18.7 Å². The molecule has 0 aliphatic rings. The first kappa shape index (κ1) is 14.0. The van der Waals surface area contributed by atoms with E-state index in [4.69, 9.17) is 0 Å². The second-order valence-electron chi connectivity index (χ2n) is 4.89. The first-order chi connectivity index (χ1) is 10.7. The largest absolute Gasteiger partial charge is 0.342 e. The van der Waals surface area contributed by atoms with E-state index in [2.05, 4.69) is 16.9 Å². The van der Waals surface area contributed by atoms with E-state index in [-0.39, 0.29) is 11.7 Å². The number of anilines is 1. The van der Waals surface area contributed by atoms with Crippen LogP contribution in [-0.4, -0.2) is 15.5 Å². The van der Waals surface area contributed by atoms with Crippen LogP contribution in [0.2, 0.25) is 0 Å². The Balaban J connectivity index is 1.92. The molecule has 0 unspecified atom stereocenters. The molecule has 0 atom stereocenters. The molecule has 1 aromatic carbocycles. The van der Waals surface area contributed by atoms with Crippen LogP contribution >= 0.6 is 0 Å². The first-order valence-corrected chi connectivity index (χ1v) is 6.78. The smallest absolute Gasteiger partial charge is 0.247 e. The number of carbonyl (C=O) groups excluding carboxylic acids is 1. The molecule has 0 aliphatic heterocycles. The molecule has 0 spiro atoms. The lowest BCUT2D eigenvalue weighted by atomic mass is 10.2. The maximum absolute atomic E-state index is 13.0. The molecule has 22 heavy (non-hydrogen) atoms. The molecule has 0 radical (unpaired) electrons. The van der Waals surface area contributed by atoms with E-state index in [0.29, 0.717) is 12.2 Å². The number of fused-ring (bicyclic) bond motifs is 1. The van der Waals surface area contributed by atoms with E-state index in [0.717, 1.165) is 16.6 Å². The Morgan fingerprint density at radius 3 is 2.82 bits per heavy atom. The van der Waals surface area contributed by atoms with Gasteiger partial charge in [0, 0.05) is 12.7 Å². The van der Waals surface area contributed by atoms with Gasteiger partial charge in [-0.15, -0.1) is 0 Å². The lowest BCUT2D eigenvalue weighted by Crippen LogP contribution is -2.07. The Labute approximate surface area is 126 Å². The van der Waals surface area contributed by atoms with Crippen LogP contribution in [0.25, 0.3) is 11.0 Å². The zero-order chi connectivity index (χ0) is 15.5. The number of aromatic nitrogens is 2. The molecule has 2 aromatic heterocycles. The van der Waals surface area contributed by atoms with Crippen molar-refractivity contribution in [3.05, 3.63) is 72.8 Å². The van der Waals surface area contributed by atoms with Gasteiger partial charge in [0.15, 0.2) is 0 Å². The van der Waals surface area contributed by atoms with Crippen molar-refractivity contribution in [2.75, 3.05) is 5.32 Å². The minimum absolute atomic E-state index is 0.253. The normalized spacial score (nSPS) is 10.6. The van der Waals surface area contributed by atoms with Gasteiger partial charge in [0.2, 0.25) is 5.91 Å². The lowest BCUT2D eigenvalue weighted by molar-refractivity contribution is -0.111. The SMILES string of the molecule is C=CC(=O)Nc1cnc2ccn(Cc3ccc(F)cc3)c2c1. The molecule has 3 rings (SSSR count). The van der Waals surface area contributed by atoms with Gasteiger partial charge in [0.1, 0.15) is 5.82 Å². The molecule has 2 heterocycles. The predicted octanol–water partition coefficient (Wildman–Crippen LogP) is 3.35. The Morgan fingerprint density at radius 1 is 1.32 bits per heavy atom. The summed E-state index contributed by atoms with van der Waals surface area (Å²) in [6.45, 7) is 4.02. The average Bonchev–Trinajstić information content (AvgIpc) is 2.92. The molecular formula is C17H14FN3O. The van der Waals surface area contributed by atoms with Crippen LogP contribution in [0.3, 0.4) is 0 Å². The fourth-order valence-electron chi connectivity index (χ4n) is 2.25. The van der Waals surface area contributed by atoms with Crippen LogP contribution in [0.5, 0.6) is 0 Å². The molecule has 0 fully saturated rings. The Hall–Kier alpha value is -2.95. The van der Waals surface area contributed by atoms with Crippen molar-refractivity contribution in [2.45, 2.75) is 6.54 Å². The maximum Gasteiger partial charge on any atom is 0.247 e. The molecule has 0 bridgehead atoms. The highest BCUT2D eigenvalue weighted by Gasteiger charge is 2.06. The number of benzene rings is 1. The molecule has 5 heteroatoms. The van der Waals surface area contributed by atoms with Gasteiger partial charge in [-0.2, -0.15) is 0 Å². The number of amides is 1. The molecule has 0 saturated heterocycles. The van der Waals surface area contributed by atoms with Gasteiger partial charge >= 0.3 is 0 Å². The molecule has 4 nitrogen and oxygen atoms in total. The average molecular weight is 295 g/mol. The van der Waals surface area contributed by atoms with Crippen LogP contribution in [0.1, 0.15) is 5.56 Å². The van der Waals surface area contributed by atoms with Gasteiger partial charge < -0.3 is 9.88 Å². The van der Waals surface area contributed by atoms with Crippen LogP contribution in [-0.2, 0) is 11.3 Å². The molecule has 110 valence electrons.